The summed E-state index contributed by atoms with van der Waals surface area (Å²) in [5.74, 6) is -0.328. The minimum absolute atomic E-state index is 0.0453. The van der Waals surface area contributed by atoms with E-state index in [4.69, 9.17) is 9.47 Å². The second-order valence-electron chi connectivity index (χ2n) is 7.09. The zero-order valence-corrected chi connectivity index (χ0v) is 17.6. The Balaban J connectivity index is 1.78. The van der Waals surface area contributed by atoms with E-state index in [-0.39, 0.29) is 23.5 Å². The highest BCUT2D eigenvalue weighted by molar-refractivity contribution is 7.91. The number of hydrogen-bond acceptors (Lipinski definition) is 6. The number of nitrogens with zero attached hydrogens (tertiary/aromatic N) is 1. The SMILES string of the molecule is CCN(C(=O)[C@H](C)OC(=O)c1ccc(OC)c2ccccc12)[C@@H]1CCS(=O)(=O)C1. The molecule has 0 radical (unpaired) electrons. The molecule has 2 aromatic carbocycles. The van der Waals surface area contributed by atoms with E-state index in [2.05, 4.69) is 0 Å². The van der Waals surface area contributed by atoms with Crippen LogP contribution in [0.2, 0.25) is 0 Å². The van der Waals surface area contributed by atoms with Crippen LogP contribution < -0.4 is 4.74 Å². The largest absolute Gasteiger partial charge is 0.496 e. The number of amides is 1. The topological polar surface area (TPSA) is 90.0 Å². The number of carbonyl (C=O) groups is 2. The molecule has 3 rings (SSSR count). The van der Waals surface area contributed by atoms with Gasteiger partial charge in [0.2, 0.25) is 0 Å². The van der Waals surface area contributed by atoms with Gasteiger partial charge in [0.25, 0.3) is 5.91 Å². The van der Waals surface area contributed by atoms with Gasteiger partial charge in [-0.15, -0.1) is 0 Å². The molecule has 29 heavy (non-hydrogen) atoms. The number of hydrogen-bond donors (Lipinski definition) is 0. The number of sulfone groups is 1. The summed E-state index contributed by atoms with van der Waals surface area (Å²) in [5.41, 5.74) is 0.340. The Hall–Kier alpha value is -2.61. The molecule has 2 atom stereocenters. The number of carbonyl (C=O) groups excluding carboxylic acids is 2. The van der Waals surface area contributed by atoms with E-state index in [1.54, 1.807) is 32.2 Å². The number of rotatable bonds is 6. The second kappa shape index (κ2) is 8.41. The van der Waals surface area contributed by atoms with Gasteiger partial charge in [-0.05, 0) is 37.8 Å². The monoisotopic (exact) mass is 419 g/mol. The van der Waals surface area contributed by atoms with E-state index >= 15 is 0 Å². The fourth-order valence-corrected chi connectivity index (χ4v) is 5.48. The quantitative estimate of drug-likeness (QED) is 0.668. The van der Waals surface area contributed by atoms with E-state index in [1.807, 2.05) is 18.2 Å². The molecule has 2 aromatic rings. The molecule has 1 saturated heterocycles. The lowest BCUT2D eigenvalue weighted by atomic mass is 10.0. The van der Waals surface area contributed by atoms with Crippen molar-refractivity contribution in [3.05, 3.63) is 42.0 Å². The minimum atomic E-state index is -3.12. The van der Waals surface area contributed by atoms with E-state index in [0.717, 1.165) is 5.39 Å². The first kappa shape index (κ1) is 21.1. The summed E-state index contributed by atoms with van der Waals surface area (Å²) in [6.45, 7) is 3.65. The molecule has 8 heteroatoms. The molecule has 1 aliphatic rings. The van der Waals surface area contributed by atoms with Gasteiger partial charge in [0.1, 0.15) is 5.75 Å². The van der Waals surface area contributed by atoms with Gasteiger partial charge in [-0.25, -0.2) is 13.2 Å². The van der Waals surface area contributed by atoms with Crippen molar-refractivity contribution in [3.8, 4) is 5.75 Å². The van der Waals surface area contributed by atoms with Crippen molar-refractivity contribution >= 4 is 32.5 Å². The summed E-state index contributed by atoms with van der Waals surface area (Å²) in [4.78, 5) is 27.1. The summed E-state index contributed by atoms with van der Waals surface area (Å²) in [6, 6.07) is 10.2. The molecular formula is C21H25NO6S. The Morgan fingerprint density at radius 1 is 1.17 bits per heavy atom. The second-order valence-corrected chi connectivity index (χ2v) is 9.32. The highest BCUT2D eigenvalue weighted by Crippen LogP contribution is 2.29. The van der Waals surface area contributed by atoms with Crippen molar-refractivity contribution in [2.45, 2.75) is 32.4 Å². The number of benzene rings is 2. The van der Waals surface area contributed by atoms with E-state index in [0.29, 0.717) is 29.7 Å². The predicted octanol–water partition coefficient (Wildman–Crippen LogP) is 2.43. The predicted molar refractivity (Wildman–Crippen MR) is 110 cm³/mol. The maximum absolute atomic E-state index is 12.8. The van der Waals surface area contributed by atoms with E-state index < -0.39 is 21.9 Å². The van der Waals surface area contributed by atoms with E-state index in [9.17, 15) is 18.0 Å². The number of esters is 1. The summed E-state index contributed by atoms with van der Waals surface area (Å²) in [5, 5.41) is 1.44. The van der Waals surface area contributed by atoms with Gasteiger partial charge in [-0.3, -0.25) is 4.79 Å². The molecule has 0 aromatic heterocycles. The third kappa shape index (κ3) is 4.37. The molecule has 0 saturated carbocycles. The molecule has 0 unspecified atom stereocenters. The Morgan fingerprint density at radius 2 is 1.86 bits per heavy atom. The molecule has 1 aliphatic heterocycles. The van der Waals surface area contributed by atoms with Crippen LogP contribution in [0.4, 0.5) is 0 Å². The Kier molecular flexibility index (Phi) is 6.12. The molecule has 1 heterocycles. The summed E-state index contributed by atoms with van der Waals surface area (Å²) in [6.07, 6.45) is -0.613. The molecule has 7 nitrogen and oxygen atoms in total. The van der Waals surface area contributed by atoms with Gasteiger partial charge < -0.3 is 14.4 Å². The van der Waals surface area contributed by atoms with Crippen molar-refractivity contribution in [2.24, 2.45) is 0 Å². The lowest BCUT2D eigenvalue weighted by Crippen LogP contribution is -2.46. The van der Waals surface area contributed by atoms with Crippen molar-refractivity contribution in [1.29, 1.82) is 0 Å². The van der Waals surface area contributed by atoms with Crippen molar-refractivity contribution < 1.29 is 27.5 Å². The molecule has 0 bridgehead atoms. The van der Waals surface area contributed by atoms with Crippen LogP contribution in [0.5, 0.6) is 5.75 Å². The van der Waals surface area contributed by atoms with Crippen LogP contribution in [-0.4, -0.2) is 62.5 Å². The molecule has 156 valence electrons. The van der Waals surface area contributed by atoms with E-state index in [1.165, 1.54) is 11.8 Å². The number of ether oxygens (including phenoxy) is 2. The molecule has 1 fully saturated rings. The van der Waals surface area contributed by atoms with Crippen LogP contribution in [0.3, 0.4) is 0 Å². The highest BCUT2D eigenvalue weighted by Gasteiger charge is 2.36. The Morgan fingerprint density at radius 3 is 2.45 bits per heavy atom. The standard InChI is InChI=1S/C21H25NO6S/c1-4-22(15-11-12-29(25,26)13-15)20(23)14(2)28-21(24)18-9-10-19(27-3)17-8-6-5-7-16(17)18/h5-10,14-15H,4,11-13H2,1-3H3/t14-,15+/m0/s1. The normalized spacial score (nSPS) is 18.9. The lowest BCUT2D eigenvalue weighted by molar-refractivity contribution is -0.141. The lowest BCUT2D eigenvalue weighted by Gasteiger charge is -2.29. The smallest absolute Gasteiger partial charge is 0.339 e. The van der Waals surface area contributed by atoms with Gasteiger partial charge in [-0.1, -0.05) is 24.3 Å². The number of likely N-dealkylation sites (N-methyl/N-ethyl adjacent to an activating group) is 1. The average Bonchev–Trinajstić information content (AvgIpc) is 3.06. The van der Waals surface area contributed by atoms with Crippen LogP contribution in [0.15, 0.2) is 36.4 Å². The molecule has 0 aliphatic carbocycles. The summed E-state index contributed by atoms with van der Waals surface area (Å²) < 4.78 is 34.3. The zero-order chi connectivity index (χ0) is 21.2. The van der Waals surface area contributed by atoms with Crippen LogP contribution in [0.25, 0.3) is 10.8 Å². The van der Waals surface area contributed by atoms with Gasteiger partial charge >= 0.3 is 5.97 Å². The fraction of sp³-hybridized carbons (Fsp3) is 0.429. The van der Waals surface area contributed by atoms with Crippen LogP contribution in [0, 0.1) is 0 Å². The summed E-state index contributed by atoms with van der Waals surface area (Å²) >= 11 is 0. The first-order valence-corrected chi connectivity index (χ1v) is 11.4. The Labute approximate surface area is 170 Å². The van der Waals surface area contributed by atoms with Gasteiger partial charge in [0, 0.05) is 18.0 Å². The third-order valence-corrected chi connectivity index (χ3v) is 6.98. The first-order chi connectivity index (χ1) is 13.8. The molecule has 0 spiro atoms. The van der Waals surface area contributed by atoms with Gasteiger partial charge in [-0.2, -0.15) is 0 Å². The first-order valence-electron chi connectivity index (χ1n) is 9.55. The zero-order valence-electron chi connectivity index (χ0n) is 16.8. The maximum atomic E-state index is 12.8. The maximum Gasteiger partial charge on any atom is 0.339 e. The molecule has 1 amide bonds. The summed E-state index contributed by atoms with van der Waals surface area (Å²) in [7, 11) is -1.56. The molecular weight excluding hydrogens is 394 g/mol. The third-order valence-electron chi connectivity index (χ3n) is 5.23. The van der Waals surface area contributed by atoms with Gasteiger partial charge in [0.15, 0.2) is 15.9 Å². The number of fused-ring (bicyclic) bond motifs is 1. The number of methoxy groups -OCH3 is 1. The van der Waals surface area contributed by atoms with Crippen molar-refractivity contribution in [2.75, 3.05) is 25.2 Å². The van der Waals surface area contributed by atoms with Crippen molar-refractivity contribution in [1.82, 2.24) is 4.90 Å². The van der Waals surface area contributed by atoms with Crippen LogP contribution in [-0.2, 0) is 19.4 Å². The Bertz CT molecular complexity index is 1030. The van der Waals surface area contributed by atoms with Gasteiger partial charge in [0.05, 0.1) is 24.2 Å². The van der Waals surface area contributed by atoms with Crippen molar-refractivity contribution in [3.63, 3.8) is 0 Å². The highest BCUT2D eigenvalue weighted by atomic mass is 32.2. The fourth-order valence-electron chi connectivity index (χ4n) is 3.75. The molecule has 0 N–H and O–H groups in total. The van der Waals surface area contributed by atoms with Crippen LogP contribution >= 0.6 is 0 Å². The average molecular weight is 419 g/mol. The minimum Gasteiger partial charge on any atom is -0.496 e. The van der Waals surface area contributed by atoms with Crippen LogP contribution in [0.1, 0.15) is 30.6 Å².